The maximum Gasteiger partial charge on any atom is 0.254 e. The highest BCUT2D eigenvalue weighted by Gasteiger charge is 2.44. The molecule has 3 aromatic carbocycles. The molecule has 4 nitrogen and oxygen atoms in total. The number of methoxy groups -OCH3 is 1. The number of rotatable bonds is 7. The zero-order valence-corrected chi connectivity index (χ0v) is 21.6. The Bertz CT molecular complexity index is 1170. The number of fused-ring (bicyclic) bond motifs is 2. The molecule has 0 spiro atoms. The van der Waals surface area contributed by atoms with Gasteiger partial charge in [0, 0.05) is 41.1 Å². The molecule has 0 unspecified atom stereocenters. The Labute approximate surface area is 216 Å². The van der Waals surface area contributed by atoms with Gasteiger partial charge in [-0.25, -0.2) is 0 Å². The molecule has 3 aromatic rings. The second-order valence-electron chi connectivity index (χ2n) is 9.40. The van der Waals surface area contributed by atoms with Gasteiger partial charge < -0.3 is 14.4 Å². The van der Waals surface area contributed by atoms with Crippen LogP contribution in [0, 0.1) is 6.92 Å². The summed E-state index contributed by atoms with van der Waals surface area (Å²) in [5.74, 6) is 2.61. The molecule has 35 heavy (non-hydrogen) atoms. The fraction of sp³-hybridized carbons (Fsp3) is 0.345. The van der Waals surface area contributed by atoms with Crippen LogP contribution >= 0.6 is 23.4 Å². The molecule has 182 valence electrons. The number of carbonyl (C=O) groups is 1. The molecule has 0 aromatic heterocycles. The quantitative estimate of drug-likeness (QED) is 0.318. The Morgan fingerprint density at radius 3 is 2.34 bits per heavy atom. The van der Waals surface area contributed by atoms with Crippen molar-refractivity contribution < 1.29 is 14.3 Å². The number of nitrogens with zero attached hydrogens (tertiary/aromatic N) is 1. The number of hydrogen-bond donors (Lipinski definition) is 0. The molecule has 2 saturated heterocycles. The molecular formula is C29H30ClNO3S. The first-order chi connectivity index (χ1) is 17.0. The first kappa shape index (κ1) is 24.1. The molecule has 5 rings (SSSR count). The minimum absolute atomic E-state index is 0.0909. The lowest BCUT2D eigenvalue weighted by Crippen LogP contribution is -2.49. The van der Waals surface area contributed by atoms with E-state index in [9.17, 15) is 4.79 Å². The van der Waals surface area contributed by atoms with Gasteiger partial charge in [0.15, 0.2) is 0 Å². The topological polar surface area (TPSA) is 38.8 Å². The van der Waals surface area contributed by atoms with Gasteiger partial charge >= 0.3 is 0 Å². The van der Waals surface area contributed by atoms with Crippen LogP contribution in [0.3, 0.4) is 0 Å². The van der Waals surface area contributed by atoms with Gasteiger partial charge in [0.25, 0.3) is 5.91 Å². The van der Waals surface area contributed by atoms with Gasteiger partial charge in [-0.15, -0.1) is 11.8 Å². The maximum absolute atomic E-state index is 13.4. The van der Waals surface area contributed by atoms with Gasteiger partial charge in [0.2, 0.25) is 0 Å². The summed E-state index contributed by atoms with van der Waals surface area (Å²) in [6, 6.07) is 22.5. The number of aryl methyl sites for hydroxylation is 1. The van der Waals surface area contributed by atoms with Gasteiger partial charge in [0.05, 0.1) is 12.1 Å². The Morgan fingerprint density at radius 1 is 1.00 bits per heavy atom. The third kappa shape index (κ3) is 5.46. The number of halogens is 1. The first-order valence-electron chi connectivity index (χ1n) is 12.1. The maximum atomic E-state index is 13.4. The van der Waals surface area contributed by atoms with Gasteiger partial charge in [-0.3, -0.25) is 4.79 Å². The van der Waals surface area contributed by atoms with Crippen LogP contribution in [0.4, 0.5) is 0 Å². The predicted molar refractivity (Wildman–Crippen MR) is 142 cm³/mol. The van der Waals surface area contributed by atoms with E-state index in [0.717, 1.165) is 54.1 Å². The number of thioether (sulfide) groups is 1. The summed E-state index contributed by atoms with van der Waals surface area (Å²) in [5, 5.41) is 0.645. The Balaban J connectivity index is 1.19. The normalized spacial score (nSPS) is 21.1. The van der Waals surface area contributed by atoms with Crippen molar-refractivity contribution in [1.82, 2.24) is 4.90 Å². The summed E-state index contributed by atoms with van der Waals surface area (Å²) >= 11 is 8.12. The Hall–Kier alpha value is -2.63. The fourth-order valence-electron chi connectivity index (χ4n) is 5.17. The third-order valence-corrected chi connectivity index (χ3v) is 8.37. The van der Waals surface area contributed by atoms with Crippen LogP contribution in [0.2, 0.25) is 5.02 Å². The summed E-state index contributed by atoms with van der Waals surface area (Å²) in [5.41, 5.74) is 3.10. The fourth-order valence-corrected chi connectivity index (χ4v) is 6.18. The summed E-state index contributed by atoms with van der Waals surface area (Å²) in [6.07, 6.45) is 3.86. The predicted octanol–water partition coefficient (Wildman–Crippen LogP) is 7.16. The van der Waals surface area contributed by atoms with Crippen molar-refractivity contribution in [3.05, 3.63) is 88.4 Å². The van der Waals surface area contributed by atoms with E-state index in [2.05, 4.69) is 29.2 Å². The van der Waals surface area contributed by atoms with Crippen LogP contribution in [-0.2, 0) is 5.75 Å². The number of hydrogen-bond acceptors (Lipinski definition) is 4. The second kappa shape index (κ2) is 10.5. The van der Waals surface area contributed by atoms with Gasteiger partial charge in [-0.05, 0) is 79.4 Å². The van der Waals surface area contributed by atoms with Crippen LogP contribution < -0.4 is 9.47 Å². The largest absolute Gasteiger partial charge is 0.497 e. The van der Waals surface area contributed by atoms with E-state index >= 15 is 0 Å². The van der Waals surface area contributed by atoms with Crippen LogP contribution in [0.5, 0.6) is 11.5 Å². The molecule has 6 heteroatoms. The van der Waals surface area contributed by atoms with Crippen LogP contribution in [0.15, 0.2) is 71.6 Å². The second-order valence-corrected chi connectivity index (χ2v) is 10.9. The molecule has 1 amide bonds. The molecule has 2 atom stereocenters. The van der Waals surface area contributed by atoms with Crippen molar-refractivity contribution in [2.24, 2.45) is 0 Å². The molecular weight excluding hydrogens is 478 g/mol. The van der Waals surface area contributed by atoms with E-state index in [1.54, 1.807) is 18.9 Å². The number of benzene rings is 3. The number of carbonyl (C=O) groups excluding carboxylic acids is 1. The van der Waals surface area contributed by atoms with Gasteiger partial charge in [0.1, 0.15) is 17.6 Å². The number of amides is 1. The lowest BCUT2D eigenvalue weighted by molar-refractivity contribution is 0.0359. The van der Waals surface area contributed by atoms with E-state index in [-0.39, 0.29) is 24.1 Å². The van der Waals surface area contributed by atoms with E-state index in [0.29, 0.717) is 5.02 Å². The molecule has 0 aliphatic carbocycles. The lowest BCUT2D eigenvalue weighted by atomic mass is 9.98. The first-order valence-corrected chi connectivity index (χ1v) is 13.5. The van der Waals surface area contributed by atoms with Crippen molar-refractivity contribution in [2.75, 3.05) is 7.11 Å². The smallest absolute Gasteiger partial charge is 0.254 e. The Morgan fingerprint density at radius 2 is 1.69 bits per heavy atom. The van der Waals surface area contributed by atoms with Crippen LogP contribution in [0.25, 0.3) is 0 Å². The van der Waals surface area contributed by atoms with E-state index < -0.39 is 0 Å². The lowest BCUT2D eigenvalue weighted by Gasteiger charge is -2.39. The minimum Gasteiger partial charge on any atom is -0.497 e. The van der Waals surface area contributed by atoms with E-state index in [4.69, 9.17) is 21.1 Å². The molecule has 2 bridgehead atoms. The molecule has 2 aliphatic heterocycles. The highest BCUT2D eigenvalue weighted by Crippen LogP contribution is 2.39. The average molecular weight is 508 g/mol. The summed E-state index contributed by atoms with van der Waals surface area (Å²) in [7, 11) is 1.67. The standard InChI is InChI=1S/C29H30ClNO3S/c1-19-3-14-27(30)28(15-19)34-25-16-22-8-9-23(17-25)31(22)29(32)21-6-4-20(5-7-21)18-35-26-12-10-24(33-2)11-13-26/h3-7,10-15,22-23,25H,8-9,16-18H2,1-2H3/t22-,23-/m0/s1. The SMILES string of the molecule is COc1ccc(SCc2ccc(C(=O)N3[C@H]4CC[C@H]3CC(Oc3cc(C)ccc3Cl)C4)cc2)cc1. The van der Waals surface area contributed by atoms with Crippen molar-refractivity contribution in [3.63, 3.8) is 0 Å². The van der Waals surface area contributed by atoms with Crippen LogP contribution in [-0.4, -0.2) is 36.1 Å². The van der Waals surface area contributed by atoms with Crippen molar-refractivity contribution in [1.29, 1.82) is 0 Å². The molecule has 2 heterocycles. The summed E-state index contributed by atoms with van der Waals surface area (Å²) < 4.78 is 11.5. The zero-order valence-electron chi connectivity index (χ0n) is 20.1. The van der Waals surface area contributed by atoms with Crippen LogP contribution in [0.1, 0.15) is 47.2 Å². The van der Waals surface area contributed by atoms with Crippen molar-refractivity contribution in [2.45, 2.75) is 61.4 Å². The molecule has 0 N–H and O–H groups in total. The van der Waals surface area contributed by atoms with Gasteiger partial charge in [-0.1, -0.05) is 29.8 Å². The van der Waals surface area contributed by atoms with Crippen molar-refractivity contribution >= 4 is 29.3 Å². The molecule has 2 fully saturated rings. The summed E-state index contributed by atoms with van der Waals surface area (Å²) in [6.45, 7) is 2.04. The van der Waals surface area contributed by atoms with Gasteiger partial charge in [-0.2, -0.15) is 0 Å². The minimum atomic E-state index is 0.0909. The molecule has 0 saturated carbocycles. The highest BCUT2D eigenvalue weighted by molar-refractivity contribution is 7.98. The monoisotopic (exact) mass is 507 g/mol. The summed E-state index contributed by atoms with van der Waals surface area (Å²) in [4.78, 5) is 16.7. The number of piperidine rings is 1. The van der Waals surface area contributed by atoms with E-state index in [1.807, 2.05) is 49.4 Å². The highest BCUT2D eigenvalue weighted by atomic mass is 35.5. The van der Waals surface area contributed by atoms with E-state index in [1.165, 1.54) is 10.5 Å². The third-order valence-electron chi connectivity index (χ3n) is 6.97. The molecule has 2 aliphatic rings. The zero-order chi connectivity index (χ0) is 24.4. The Kier molecular flexibility index (Phi) is 7.26. The number of ether oxygens (including phenoxy) is 2. The average Bonchev–Trinajstić information content (AvgIpc) is 3.15. The van der Waals surface area contributed by atoms with Crippen molar-refractivity contribution in [3.8, 4) is 11.5 Å². The molecule has 0 radical (unpaired) electrons.